The largest absolute Gasteiger partial charge is 0.464 e. The number of carbonyl (C=O) groups is 3. The molecule has 9 nitrogen and oxygen atoms in total. The molecule has 2 rings (SSSR count). The first kappa shape index (κ1) is 23.9. The molecule has 0 unspecified atom stereocenters. The highest BCUT2D eigenvalue weighted by atomic mass is 32.1. The minimum Gasteiger partial charge on any atom is -0.464 e. The zero-order chi connectivity index (χ0) is 22.7. The van der Waals surface area contributed by atoms with Crippen LogP contribution in [0.5, 0.6) is 0 Å². The Labute approximate surface area is 181 Å². The van der Waals surface area contributed by atoms with Crippen molar-refractivity contribution in [3.05, 3.63) is 16.1 Å². The lowest BCUT2D eigenvalue weighted by molar-refractivity contribution is 0.0115. The van der Waals surface area contributed by atoms with Crippen LogP contribution in [0.1, 0.15) is 69.9 Å². The second-order valence-corrected chi connectivity index (χ2v) is 10.1. The van der Waals surface area contributed by atoms with Crippen LogP contribution in [0.3, 0.4) is 0 Å². The lowest BCUT2D eigenvalue weighted by atomic mass is 9.88. The van der Waals surface area contributed by atoms with E-state index >= 15 is 0 Å². The Bertz CT molecular complexity index is 785. The molecule has 10 heteroatoms. The van der Waals surface area contributed by atoms with Gasteiger partial charge in [-0.05, 0) is 54.4 Å². The maximum atomic E-state index is 12.6. The standard InChI is InChI=1S/C20H31N3O6S/c1-18(2,3)28-16(25)22-20(15-21-13(12-30-15)14(24)27-7)8-10-23(11-9-20)17(26)29-19(4,5)6/h12H,8-11H2,1-7H3,(H,22,25). The fourth-order valence-electron chi connectivity index (χ4n) is 2.98. The summed E-state index contributed by atoms with van der Waals surface area (Å²) >= 11 is 1.26. The monoisotopic (exact) mass is 441 g/mol. The van der Waals surface area contributed by atoms with Crippen LogP contribution in [0.4, 0.5) is 9.59 Å². The highest BCUT2D eigenvalue weighted by Crippen LogP contribution is 2.36. The van der Waals surface area contributed by atoms with Gasteiger partial charge in [0, 0.05) is 18.5 Å². The predicted octanol–water partition coefficient (Wildman–Crippen LogP) is 3.68. The second-order valence-electron chi connectivity index (χ2n) is 9.21. The van der Waals surface area contributed by atoms with E-state index in [2.05, 4.69) is 10.3 Å². The van der Waals surface area contributed by atoms with Crippen molar-refractivity contribution in [2.24, 2.45) is 0 Å². The number of thiazole rings is 1. The van der Waals surface area contributed by atoms with Gasteiger partial charge in [-0.25, -0.2) is 19.4 Å². The average Bonchev–Trinajstić information content (AvgIpc) is 3.09. The Morgan fingerprint density at radius 1 is 1.07 bits per heavy atom. The number of piperidine rings is 1. The normalized spacial score (nSPS) is 16.6. The molecule has 1 N–H and O–H groups in total. The van der Waals surface area contributed by atoms with Gasteiger partial charge >= 0.3 is 18.2 Å². The fraction of sp³-hybridized carbons (Fsp3) is 0.700. The quantitative estimate of drug-likeness (QED) is 0.563. The Balaban J connectivity index is 2.23. The maximum absolute atomic E-state index is 12.6. The van der Waals surface area contributed by atoms with Crippen molar-refractivity contribution in [1.29, 1.82) is 0 Å². The Hall–Kier alpha value is -2.36. The molecule has 30 heavy (non-hydrogen) atoms. The molecule has 2 heterocycles. The second kappa shape index (κ2) is 8.79. The summed E-state index contributed by atoms with van der Waals surface area (Å²) in [5, 5.41) is 5.10. The summed E-state index contributed by atoms with van der Waals surface area (Å²) in [6, 6.07) is 0. The molecule has 1 aliphatic heterocycles. The van der Waals surface area contributed by atoms with Crippen molar-refractivity contribution in [2.45, 2.75) is 71.1 Å². The highest BCUT2D eigenvalue weighted by Gasteiger charge is 2.43. The number of ether oxygens (including phenoxy) is 3. The third kappa shape index (κ3) is 6.32. The molecular weight excluding hydrogens is 410 g/mol. The maximum Gasteiger partial charge on any atom is 0.410 e. The van der Waals surface area contributed by atoms with E-state index in [1.807, 2.05) is 20.8 Å². The summed E-state index contributed by atoms with van der Waals surface area (Å²) in [5.41, 5.74) is -1.94. The van der Waals surface area contributed by atoms with Crippen molar-refractivity contribution < 1.29 is 28.6 Å². The van der Waals surface area contributed by atoms with E-state index in [-0.39, 0.29) is 5.69 Å². The van der Waals surface area contributed by atoms with Gasteiger partial charge in [-0.15, -0.1) is 11.3 Å². The number of methoxy groups -OCH3 is 1. The van der Waals surface area contributed by atoms with Crippen LogP contribution in [0.25, 0.3) is 0 Å². The van der Waals surface area contributed by atoms with Crippen molar-refractivity contribution in [1.82, 2.24) is 15.2 Å². The molecule has 1 aromatic heterocycles. The number of hydrogen-bond donors (Lipinski definition) is 1. The summed E-state index contributed by atoms with van der Waals surface area (Å²) in [5.74, 6) is -0.545. The topological polar surface area (TPSA) is 107 Å². The first-order valence-electron chi connectivity index (χ1n) is 9.78. The van der Waals surface area contributed by atoms with Gasteiger partial charge in [0.15, 0.2) is 5.69 Å². The van der Waals surface area contributed by atoms with Crippen LogP contribution in [0.15, 0.2) is 5.38 Å². The molecule has 168 valence electrons. The van der Waals surface area contributed by atoms with E-state index in [9.17, 15) is 14.4 Å². The van der Waals surface area contributed by atoms with Crippen LogP contribution in [-0.4, -0.2) is 59.4 Å². The van der Waals surface area contributed by atoms with Crippen molar-refractivity contribution in [3.63, 3.8) is 0 Å². The van der Waals surface area contributed by atoms with Crippen molar-refractivity contribution in [3.8, 4) is 0 Å². The molecule has 0 saturated carbocycles. The van der Waals surface area contributed by atoms with Crippen LogP contribution in [0, 0.1) is 0 Å². The van der Waals surface area contributed by atoms with E-state index in [1.54, 1.807) is 31.1 Å². The lowest BCUT2D eigenvalue weighted by Gasteiger charge is -2.41. The van der Waals surface area contributed by atoms with Crippen LogP contribution >= 0.6 is 11.3 Å². The Kier molecular flexibility index (Phi) is 7.01. The number of amides is 2. The smallest absolute Gasteiger partial charge is 0.410 e. The molecule has 2 amide bonds. The Morgan fingerprint density at radius 3 is 2.13 bits per heavy atom. The van der Waals surface area contributed by atoms with E-state index in [1.165, 1.54) is 18.4 Å². The number of alkyl carbamates (subject to hydrolysis) is 1. The minimum absolute atomic E-state index is 0.178. The van der Waals surface area contributed by atoms with E-state index in [4.69, 9.17) is 14.2 Å². The lowest BCUT2D eigenvalue weighted by Crippen LogP contribution is -2.55. The number of nitrogens with one attached hydrogen (secondary N) is 1. The molecule has 1 saturated heterocycles. The van der Waals surface area contributed by atoms with E-state index in [0.717, 1.165) is 0 Å². The SMILES string of the molecule is COC(=O)c1csc(C2(NC(=O)OC(C)(C)C)CCN(C(=O)OC(C)(C)C)CC2)n1. The number of esters is 1. The van der Waals surface area contributed by atoms with Gasteiger partial charge in [0.1, 0.15) is 16.2 Å². The van der Waals surface area contributed by atoms with Crippen molar-refractivity contribution in [2.75, 3.05) is 20.2 Å². The number of aromatic nitrogens is 1. The molecule has 1 aliphatic rings. The van der Waals surface area contributed by atoms with Crippen molar-refractivity contribution >= 4 is 29.5 Å². The summed E-state index contributed by atoms with van der Waals surface area (Å²) in [6.45, 7) is 11.5. The van der Waals surface area contributed by atoms with Gasteiger partial charge in [-0.3, -0.25) is 0 Å². The van der Waals surface area contributed by atoms with Gasteiger partial charge < -0.3 is 24.4 Å². The molecule has 0 aliphatic carbocycles. The molecule has 0 radical (unpaired) electrons. The number of carbonyl (C=O) groups excluding carboxylic acids is 3. The van der Waals surface area contributed by atoms with E-state index < -0.39 is 34.9 Å². The number of nitrogens with zero attached hydrogens (tertiary/aromatic N) is 2. The summed E-state index contributed by atoms with van der Waals surface area (Å²) in [7, 11) is 1.29. The number of rotatable bonds is 3. The Morgan fingerprint density at radius 2 is 1.63 bits per heavy atom. The zero-order valence-electron chi connectivity index (χ0n) is 18.7. The molecule has 0 spiro atoms. The molecule has 1 aromatic rings. The van der Waals surface area contributed by atoms with Gasteiger partial charge in [0.2, 0.25) is 0 Å². The van der Waals surface area contributed by atoms with Gasteiger partial charge in [0.05, 0.1) is 12.6 Å². The fourth-order valence-corrected chi connectivity index (χ4v) is 3.98. The summed E-state index contributed by atoms with van der Waals surface area (Å²) in [6.07, 6.45) is -0.176. The molecule has 0 aromatic carbocycles. The van der Waals surface area contributed by atoms with Crippen LogP contribution in [-0.2, 0) is 19.7 Å². The molecule has 0 bridgehead atoms. The molecular formula is C20H31N3O6S. The number of hydrogen-bond acceptors (Lipinski definition) is 8. The predicted molar refractivity (Wildman–Crippen MR) is 112 cm³/mol. The van der Waals surface area contributed by atoms with Crippen LogP contribution in [0.2, 0.25) is 0 Å². The molecule has 0 atom stereocenters. The van der Waals surface area contributed by atoms with Gasteiger partial charge in [-0.1, -0.05) is 0 Å². The summed E-state index contributed by atoms with van der Waals surface area (Å²) in [4.78, 5) is 42.8. The first-order chi connectivity index (χ1) is 13.7. The highest BCUT2D eigenvalue weighted by molar-refractivity contribution is 7.10. The number of likely N-dealkylation sites (tertiary alicyclic amines) is 1. The summed E-state index contributed by atoms with van der Waals surface area (Å²) < 4.78 is 15.6. The average molecular weight is 442 g/mol. The van der Waals surface area contributed by atoms with Crippen LogP contribution < -0.4 is 5.32 Å². The van der Waals surface area contributed by atoms with Gasteiger partial charge in [-0.2, -0.15) is 0 Å². The third-order valence-electron chi connectivity index (χ3n) is 4.32. The third-order valence-corrected chi connectivity index (χ3v) is 5.36. The first-order valence-corrected chi connectivity index (χ1v) is 10.7. The van der Waals surface area contributed by atoms with E-state index in [0.29, 0.717) is 30.9 Å². The van der Waals surface area contributed by atoms with Gasteiger partial charge in [0.25, 0.3) is 0 Å². The zero-order valence-corrected chi connectivity index (χ0v) is 19.5. The minimum atomic E-state index is -0.863. The molecule has 1 fully saturated rings.